The molecule has 2 aliphatic heterocycles. The molecule has 1 saturated heterocycles. The summed E-state index contributed by atoms with van der Waals surface area (Å²) in [6.45, 7) is 2.16. The van der Waals surface area contributed by atoms with E-state index >= 15 is 0 Å². The summed E-state index contributed by atoms with van der Waals surface area (Å²) >= 11 is 0. The molecule has 7 nitrogen and oxygen atoms in total. The van der Waals surface area contributed by atoms with E-state index in [9.17, 15) is 35.9 Å². The summed E-state index contributed by atoms with van der Waals surface area (Å²) in [5.41, 5.74) is -1.38. The van der Waals surface area contributed by atoms with Crippen LogP contribution in [0.3, 0.4) is 0 Å². The molecule has 254 valence electrons. The number of aryl methyl sites for hydroxylation is 1. The van der Waals surface area contributed by atoms with Crippen LogP contribution in [0.25, 0.3) is 0 Å². The number of amides is 1. The summed E-state index contributed by atoms with van der Waals surface area (Å²) in [6.07, 6.45) is -11.3. The highest BCUT2D eigenvalue weighted by Crippen LogP contribution is 2.49. The number of hydrogen-bond donors (Lipinski definition) is 0. The molecule has 13 heteroatoms. The first kappa shape index (κ1) is 33.5. The number of ether oxygens (including phenoxy) is 3. The van der Waals surface area contributed by atoms with Crippen molar-refractivity contribution >= 4 is 17.9 Å². The number of nitrogens with zero attached hydrogens (tertiary/aromatic N) is 2. The molecule has 1 amide bonds. The number of carbonyl (C=O) groups excluding carboxylic acids is 2. The van der Waals surface area contributed by atoms with Crippen molar-refractivity contribution in [2.45, 2.75) is 50.2 Å². The summed E-state index contributed by atoms with van der Waals surface area (Å²) in [6, 6.07) is 17.0. The Kier molecular flexibility index (Phi) is 9.25. The minimum atomic E-state index is -5.08. The van der Waals surface area contributed by atoms with E-state index in [2.05, 4.69) is 4.99 Å². The monoisotopic (exact) mass is 674 g/mol. The van der Waals surface area contributed by atoms with E-state index in [1.54, 1.807) is 18.2 Å². The second-order valence-corrected chi connectivity index (χ2v) is 12.3. The van der Waals surface area contributed by atoms with Gasteiger partial charge in [0.05, 0.1) is 22.8 Å². The Morgan fingerprint density at radius 3 is 2.23 bits per heavy atom. The number of halogens is 6. The van der Waals surface area contributed by atoms with Crippen LogP contribution in [0.1, 0.15) is 63.0 Å². The molecule has 0 aromatic heterocycles. The fraction of sp³-hybridized carbons (Fsp3) is 0.400. The summed E-state index contributed by atoms with van der Waals surface area (Å²) in [4.78, 5) is 30.6. The van der Waals surface area contributed by atoms with E-state index in [-0.39, 0.29) is 47.9 Å². The number of alkyl halides is 6. The molecule has 2 heterocycles. The normalized spacial score (nSPS) is 23.4. The van der Waals surface area contributed by atoms with Crippen LogP contribution in [-0.2, 0) is 31.4 Å². The lowest BCUT2D eigenvalue weighted by Gasteiger charge is -2.41. The van der Waals surface area contributed by atoms with E-state index in [4.69, 9.17) is 14.2 Å². The van der Waals surface area contributed by atoms with Crippen LogP contribution in [0, 0.1) is 18.8 Å². The van der Waals surface area contributed by atoms with Gasteiger partial charge in [-0.05, 0) is 78.6 Å². The number of fused-ring (bicyclic) bond motifs is 1. The van der Waals surface area contributed by atoms with Crippen molar-refractivity contribution in [2.24, 2.45) is 16.8 Å². The Morgan fingerprint density at radius 2 is 1.60 bits per heavy atom. The molecule has 0 N–H and O–H groups in total. The third kappa shape index (κ3) is 7.20. The summed E-state index contributed by atoms with van der Waals surface area (Å²) in [7, 11) is 0. The van der Waals surface area contributed by atoms with Gasteiger partial charge in [0.25, 0.3) is 11.9 Å². The van der Waals surface area contributed by atoms with Crippen LogP contribution in [0.4, 0.5) is 26.3 Å². The molecule has 3 aromatic rings. The number of benzene rings is 3. The van der Waals surface area contributed by atoms with E-state index in [0.29, 0.717) is 38.1 Å². The molecule has 48 heavy (non-hydrogen) atoms. The number of hydrogen-bond acceptors (Lipinski definition) is 6. The zero-order chi connectivity index (χ0) is 34.2. The maximum atomic E-state index is 13.9. The molecule has 3 aromatic carbocycles. The van der Waals surface area contributed by atoms with Gasteiger partial charge in [0.2, 0.25) is 0 Å². The maximum absolute atomic E-state index is 13.9. The second kappa shape index (κ2) is 13.3. The summed E-state index contributed by atoms with van der Waals surface area (Å²) < 4.78 is 101. The zero-order valence-corrected chi connectivity index (χ0v) is 25.8. The van der Waals surface area contributed by atoms with Crippen molar-refractivity contribution in [2.75, 3.05) is 26.3 Å². The first-order valence-electron chi connectivity index (χ1n) is 15.5. The number of carbonyl (C=O) groups is 2. The molecular weight excluding hydrogens is 642 g/mol. The van der Waals surface area contributed by atoms with Gasteiger partial charge in [-0.2, -0.15) is 31.3 Å². The Hall–Kier alpha value is -4.39. The minimum absolute atomic E-state index is 0.0591. The molecule has 0 spiro atoms. The lowest BCUT2D eigenvalue weighted by atomic mass is 9.68. The van der Waals surface area contributed by atoms with Crippen molar-refractivity contribution in [3.63, 3.8) is 0 Å². The van der Waals surface area contributed by atoms with Gasteiger partial charge in [0.1, 0.15) is 12.7 Å². The van der Waals surface area contributed by atoms with E-state index in [1.165, 1.54) is 12.1 Å². The third-order valence-corrected chi connectivity index (χ3v) is 9.23. The van der Waals surface area contributed by atoms with Gasteiger partial charge in [-0.3, -0.25) is 4.79 Å². The van der Waals surface area contributed by atoms with E-state index < -0.39 is 53.8 Å². The van der Waals surface area contributed by atoms with Gasteiger partial charge in [-0.15, -0.1) is 0 Å². The van der Waals surface area contributed by atoms with Crippen molar-refractivity contribution in [3.8, 4) is 0 Å². The van der Waals surface area contributed by atoms with Gasteiger partial charge < -0.3 is 19.1 Å². The van der Waals surface area contributed by atoms with Crippen LogP contribution in [0.15, 0.2) is 77.8 Å². The zero-order valence-electron chi connectivity index (χ0n) is 25.8. The molecule has 6 rings (SSSR count). The minimum Gasteiger partial charge on any atom is -0.459 e. The number of esters is 1. The Balaban J connectivity index is 1.37. The molecule has 3 aliphatic rings. The predicted octanol–water partition coefficient (Wildman–Crippen LogP) is 7.35. The molecule has 0 radical (unpaired) electrons. The standard InChI is InChI=1S/C35H32F6N2O5/c1-20-7-5-6-10-26(20)31-27-17-43(33-42-30(44)19-47-33)16-22(27)11-12-28(31)48-29(18-46-32(45)21-8-3-2-4-9-21)23-13-24(34(36,37)38)15-25(14-23)35(39,40)41/h2-10,13-15,22,27-29,31H,11-12,16-19H2,1H3/t22-,27-,28+,29-,31+/m1/s1. The van der Waals surface area contributed by atoms with Crippen LogP contribution in [0.5, 0.6) is 0 Å². The first-order chi connectivity index (χ1) is 22.8. The Bertz CT molecular complexity index is 1660. The lowest BCUT2D eigenvalue weighted by Crippen LogP contribution is -2.39. The highest BCUT2D eigenvalue weighted by atomic mass is 19.4. The number of rotatable bonds is 7. The van der Waals surface area contributed by atoms with Crippen LogP contribution in [0.2, 0.25) is 0 Å². The SMILES string of the molecule is Cc1ccccc1[C@H]1[C@@H]2CN(C3=NC(=O)CO3)C[C@H]2CC[C@@H]1O[C@H](COC(=O)c1ccccc1)c1cc(C(F)(F)F)cc(C(F)(F)F)c1. The summed E-state index contributed by atoms with van der Waals surface area (Å²) in [5.74, 6) is -1.48. The average Bonchev–Trinajstić information content (AvgIpc) is 3.69. The Labute approximate surface area is 272 Å². The fourth-order valence-corrected chi connectivity index (χ4v) is 7.00. The highest BCUT2D eigenvalue weighted by molar-refractivity contribution is 5.96. The second-order valence-electron chi connectivity index (χ2n) is 12.3. The van der Waals surface area contributed by atoms with Crippen LogP contribution in [-0.4, -0.2) is 55.2 Å². The molecule has 2 fully saturated rings. The van der Waals surface area contributed by atoms with Gasteiger partial charge >= 0.3 is 18.3 Å². The molecule has 1 saturated carbocycles. The molecule has 0 unspecified atom stereocenters. The fourth-order valence-electron chi connectivity index (χ4n) is 7.00. The Morgan fingerprint density at radius 1 is 0.938 bits per heavy atom. The quantitative estimate of drug-likeness (QED) is 0.193. The summed E-state index contributed by atoms with van der Waals surface area (Å²) in [5, 5.41) is 0. The number of aliphatic imine (C=N–C) groups is 1. The molecule has 1 aliphatic carbocycles. The highest BCUT2D eigenvalue weighted by Gasteiger charge is 2.48. The van der Waals surface area contributed by atoms with Gasteiger partial charge in [0, 0.05) is 19.0 Å². The van der Waals surface area contributed by atoms with Crippen LogP contribution >= 0.6 is 0 Å². The maximum Gasteiger partial charge on any atom is 0.416 e. The van der Waals surface area contributed by atoms with Gasteiger partial charge in [-0.1, -0.05) is 42.5 Å². The number of likely N-dealkylation sites (tertiary alicyclic amines) is 1. The average molecular weight is 675 g/mol. The third-order valence-electron chi connectivity index (χ3n) is 9.23. The van der Waals surface area contributed by atoms with Crippen molar-refractivity contribution < 1.29 is 50.1 Å². The topological polar surface area (TPSA) is 77.4 Å². The lowest BCUT2D eigenvalue weighted by molar-refractivity contribution is -0.143. The van der Waals surface area contributed by atoms with Crippen molar-refractivity contribution in [1.82, 2.24) is 4.90 Å². The number of amidine groups is 1. The van der Waals surface area contributed by atoms with Gasteiger partial charge in [0.15, 0.2) is 6.61 Å². The molecule has 5 atom stereocenters. The largest absolute Gasteiger partial charge is 0.459 e. The van der Waals surface area contributed by atoms with Crippen molar-refractivity contribution in [1.29, 1.82) is 0 Å². The molecule has 0 bridgehead atoms. The first-order valence-corrected chi connectivity index (χ1v) is 15.5. The smallest absolute Gasteiger partial charge is 0.416 e. The van der Waals surface area contributed by atoms with E-state index in [0.717, 1.165) is 11.1 Å². The van der Waals surface area contributed by atoms with E-state index in [1.807, 2.05) is 36.1 Å². The van der Waals surface area contributed by atoms with Gasteiger partial charge in [-0.25, -0.2) is 4.79 Å². The predicted molar refractivity (Wildman–Crippen MR) is 161 cm³/mol. The van der Waals surface area contributed by atoms with Crippen LogP contribution < -0.4 is 0 Å². The van der Waals surface area contributed by atoms with Crippen molar-refractivity contribution in [3.05, 3.63) is 106 Å². The molecular formula is C35H32F6N2O5.